The summed E-state index contributed by atoms with van der Waals surface area (Å²) in [5.74, 6) is 0. The summed E-state index contributed by atoms with van der Waals surface area (Å²) < 4.78 is 5.38. The first-order valence-electron chi connectivity index (χ1n) is 7.32. The monoisotopic (exact) mass is 277 g/mol. The molecule has 0 saturated carbocycles. The number of likely N-dealkylation sites (tertiary alicyclic amines) is 1. The molecule has 0 aromatic heterocycles. The molecule has 110 valence electrons. The number of carbonyl (C=O) groups excluding carboxylic acids is 1. The summed E-state index contributed by atoms with van der Waals surface area (Å²) >= 11 is 0. The Bertz CT molecular complexity index is 419. The van der Waals surface area contributed by atoms with E-state index in [0.717, 1.165) is 31.4 Å². The van der Waals surface area contributed by atoms with Crippen LogP contribution < -0.4 is 0 Å². The Kier molecular flexibility index (Phi) is 5.41. The molecular weight excluding hydrogens is 254 g/mol. The molecule has 2 unspecified atom stereocenters. The maximum absolute atomic E-state index is 12.2. The van der Waals surface area contributed by atoms with Gasteiger partial charge in [-0.05, 0) is 38.2 Å². The molecule has 20 heavy (non-hydrogen) atoms. The van der Waals surface area contributed by atoms with Crippen LogP contribution in [0.4, 0.5) is 4.79 Å². The molecular formula is C16H23NO3. The van der Waals surface area contributed by atoms with Crippen molar-refractivity contribution in [2.75, 3.05) is 6.54 Å². The topological polar surface area (TPSA) is 49.8 Å². The normalized spacial score (nSPS) is 20.5. The minimum absolute atomic E-state index is 0.104. The Morgan fingerprint density at radius 2 is 2.15 bits per heavy atom. The van der Waals surface area contributed by atoms with Gasteiger partial charge in [0.15, 0.2) is 0 Å². The van der Waals surface area contributed by atoms with Crippen molar-refractivity contribution >= 4 is 6.09 Å². The van der Waals surface area contributed by atoms with E-state index in [-0.39, 0.29) is 18.2 Å². The van der Waals surface area contributed by atoms with Crippen LogP contribution in [0.1, 0.15) is 38.2 Å². The molecule has 4 heteroatoms. The first kappa shape index (κ1) is 14.9. The van der Waals surface area contributed by atoms with Crippen LogP contribution in [0.3, 0.4) is 0 Å². The summed E-state index contributed by atoms with van der Waals surface area (Å²) in [4.78, 5) is 14.0. The number of ether oxygens (including phenoxy) is 1. The Balaban J connectivity index is 1.89. The van der Waals surface area contributed by atoms with Crippen LogP contribution in [0.15, 0.2) is 30.3 Å². The molecule has 1 amide bonds. The molecule has 1 aromatic rings. The lowest BCUT2D eigenvalue weighted by atomic mass is 9.98. The highest BCUT2D eigenvalue weighted by Crippen LogP contribution is 2.22. The number of aliphatic hydroxyl groups is 1. The van der Waals surface area contributed by atoms with Gasteiger partial charge in [0.2, 0.25) is 0 Å². The predicted molar refractivity (Wildman–Crippen MR) is 77.3 cm³/mol. The van der Waals surface area contributed by atoms with Crippen LogP contribution in [-0.4, -0.2) is 34.8 Å². The van der Waals surface area contributed by atoms with Gasteiger partial charge < -0.3 is 14.7 Å². The first-order valence-corrected chi connectivity index (χ1v) is 7.32. The number of benzene rings is 1. The molecule has 1 aliphatic heterocycles. The molecule has 1 fully saturated rings. The molecule has 0 spiro atoms. The minimum atomic E-state index is -0.387. The van der Waals surface area contributed by atoms with Crippen molar-refractivity contribution in [2.24, 2.45) is 0 Å². The SMILES string of the molecule is CC(O)CC1CCCCN1C(=O)OCc1ccccc1. The quantitative estimate of drug-likeness (QED) is 0.920. The highest BCUT2D eigenvalue weighted by molar-refractivity contribution is 5.68. The molecule has 0 radical (unpaired) electrons. The van der Waals surface area contributed by atoms with Gasteiger partial charge >= 0.3 is 6.09 Å². The summed E-state index contributed by atoms with van der Waals surface area (Å²) in [6.45, 7) is 2.80. The molecule has 1 aromatic carbocycles. The summed E-state index contributed by atoms with van der Waals surface area (Å²) in [6, 6.07) is 9.79. The van der Waals surface area contributed by atoms with E-state index in [4.69, 9.17) is 4.74 Å². The fraction of sp³-hybridized carbons (Fsp3) is 0.562. The van der Waals surface area contributed by atoms with Crippen LogP contribution in [0.25, 0.3) is 0 Å². The molecule has 1 aliphatic rings. The fourth-order valence-electron chi connectivity index (χ4n) is 2.68. The summed E-state index contributed by atoms with van der Waals surface area (Å²) in [5.41, 5.74) is 0.991. The zero-order valence-corrected chi connectivity index (χ0v) is 12.0. The van der Waals surface area contributed by atoms with Crippen LogP contribution in [0, 0.1) is 0 Å². The van der Waals surface area contributed by atoms with Crippen molar-refractivity contribution in [1.29, 1.82) is 0 Å². The number of hydrogen-bond donors (Lipinski definition) is 1. The standard InChI is InChI=1S/C16H23NO3/c1-13(18)11-15-9-5-6-10-17(15)16(19)20-12-14-7-3-2-4-8-14/h2-4,7-8,13,15,18H,5-6,9-12H2,1H3. The molecule has 0 bridgehead atoms. The predicted octanol–water partition coefficient (Wildman–Crippen LogP) is 2.95. The molecule has 1 saturated heterocycles. The van der Waals surface area contributed by atoms with Crippen molar-refractivity contribution in [3.05, 3.63) is 35.9 Å². The average Bonchev–Trinajstić information content (AvgIpc) is 2.46. The third kappa shape index (κ3) is 4.23. The van der Waals surface area contributed by atoms with Crippen molar-refractivity contribution in [1.82, 2.24) is 4.90 Å². The summed E-state index contributed by atoms with van der Waals surface area (Å²) in [5, 5.41) is 9.53. The zero-order chi connectivity index (χ0) is 14.4. The van der Waals surface area contributed by atoms with Crippen LogP contribution in [-0.2, 0) is 11.3 Å². The number of amides is 1. The second-order valence-corrected chi connectivity index (χ2v) is 5.47. The summed E-state index contributed by atoms with van der Waals surface area (Å²) in [7, 11) is 0. The van der Waals surface area contributed by atoms with Gasteiger partial charge in [-0.1, -0.05) is 30.3 Å². The highest BCUT2D eigenvalue weighted by Gasteiger charge is 2.28. The highest BCUT2D eigenvalue weighted by atomic mass is 16.6. The van der Waals surface area contributed by atoms with Gasteiger partial charge in [-0.15, -0.1) is 0 Å². The Labute approximate surface area is 120 Å². The largest absolute Gasteiger partial charge is 0.445 e. The number of rotatable bonds is 4. The maximum atomic E-state index is 12.2. The first-order chi connectivity index (χ1) is 9.66. The van der Waals surface area contributed by atoms with Gasteiger partial charge in [0.25, 0.3) is 0 Å². The molecule has 0 aliphatic carbocycles. The lowest BCUT2D eigenvalue weighted by molar-refractivity contribution is 0.0515. The second kappa shape index (κ2) is 7.29. The zero-order valence-electron chi connectivity index (χ0n) is 12.0. The lowest BCUT2D eigenvalue weighted by Crippen LogP contribution is -2.45. The van der Waals surface area contributed by atoms with Gasteiger partial charge in [-0.3, -0.25) is 0 Å². The smallest absolute Gasteiger partial charge is 0.410 e. The Hall–Kier alpha value is -1.55. The molecule has 1 N–H and O–H groups in total. The van der Waals surface area contributed by atoms with Crippen LogP contribution in [0.5, 0.6) is 0 Å². The van der Waals surface area contributed by atoms with Gasteiger partial charge in [-0.25, -0.2) is 4.79 Å². The van der Waals surface area contributed by atoms with E-state index in [1.807, 2.05) is 30.3 Å². The van der Waals surface area contributed by atoms with E-state index in [0.29, 0.717) is 13.0 Å². The van der Waals surface area contributed by atoms with Crippen LogP contribution in [0.2, 0.25) is 0 Å². The van der Waals surface area contributed by atoms with Gasteiger partial charge in [0, 0.05) is 12.6 Å². The van der Waals surface area contributed by atoms with Crippen molar-refractivity contribution < 1.29 is 14.6 Å². The van der Waals surface area contributed by atoms with Crippen molar-refractivity contribution in [3.63, 3.8) is 0 Å². The fourth-order valence-corrected chi connectivity index (χ4v) is 2.68. The number of aliphatic hydroxyl groups excluding tert-OH is 1. The Morgan fingerprint density at radius 1 is 1.40 bits per heavy atom. The molecule has 2 atom stereocenters. The molecule has 2 rings (SSSR count). The van der Waals surface area contributed by atoms with E-state index < -0.39 is 0 Å². The van der Waals surface area contributed by atoms with E-state index in [2.05, 4.69) is 0 Å². The number of carbonyl (C=O) groups is 1. The molecule has 1 heterocycles. The third-order valence-electron chi connectivity index (χ3n) is 3.68. The second-order valence-electron chi connectivity index (χ2n) is 5.47. The van der Waals surface area contributed by atoms with E-state index in [1.165, 1.54) is 0 Å². The number of hydrogen-bond acceptors (Lipinski definition) is 3. The third-order valence-corrected chi connectivity index (χ3v) is 3.68. The lowest BCUT2D eigenvalue weighted by Gasteiger charge is -2.35. The number of nitrogens with zero attached hydrogens (tertiary/aromatic N) is 1. The van der Waals surface area contributed by atoms with Gasteiger partial charge in [-0.2, -0.15) is 0 Å². The Morgan fingerprint density at radius 3 is 2.85 bits per heavy atom. The minimum Gasteiger partial charge on any atom is -0.445 e. The van der Waals surface area contributed by atoms with Gasteiger partial charge in [0.1, 0.15) is 6.61 Å². The van der Waals surface area contributed by atoms with E-state index >= 15 is 0 Å². The van der Waals surface area contributed by atoms with Crippen molar-refractivity contribution in [2.45, 2.75) is 51.4 Å². The van der Waals surface area contributed by atoms with E-state index in [9.17, 15) is 9.90 Å². The average molecular weight is 277 g/mol. The van der Waals surface area contributed by atoms with Gasteiger partial charge in [0.05, 0.1) is 6.10 Å². The van der Waals surface area contributed by atoms with E-state index in [1.54, 1.807) is 11.8 Å². The number of piperidine rings is 1. The van der Waals surface area contributed by atoms with Crippen molar-refractivity contribution in [3.8, 4) is 0 Å². The maximum Gasteiger partial charge on any atom is 0.410 e. The summed E-state index contributed by atoms with van der Waals surface area (Å²) in [6.07, 6.45) is 3.05. The van der Waals surface area contributed by atoms with Crippen LogP contribution >= 0.6 is 0 Å². The molecule has 4 nitrogen and oxygen atoms in total.